The Labute approximate surface area is 204 Å². The number of para-hydroxylation sites is 1. The van der Waals surface area contributed by atoms with Gasteiger partial charge in [0.15, 0.2) is 5.82 Å². The first kappa shape index (κ1) is 22.7. The molecule has 1 unspecified atom stereocenters. The molecule has 2 heterocycles. The molecule has 35 heavy (non-hydrogen) atoms. The first-order valence-electron chi connectivity index (χ1n) is 11.9. The van der Waals surface area contributed by atoms with E-state index in [0.29, 0.717) is 17.9 Å². The molecule has 1 fully saturated rings. The van der Waals surface area contributed by atoms with Gasteiger partial charge < -0.3 is 20.1 Å². The van der Waals surface area contributed by atoms with Crippen LogP contribution in [0.1, 0.15) is 24.0 Å². The van der Waals surface area contributed by atoms with Gasteiger partial charge in [0, 0.05) is 24.5 Å². The summed E-state index contributed by atoms with van der Waals surface area (Å²) in [6.45, 7) is 3.70. The number of rotatable bonds is 5. The number of fused-ring (bicyclic) bond motifs is 1. The van der Waals surface area contributed by atoms with E-state index in [1.165, 1.54) is 0 Å². The number of carbonyl (C=O) groups is 1. The fourth-order valence-corrected chi connectivity index (χ4v) is 4.47. The maximum atomic E-state index is 12.4. The summed E-state index contributed by atoms with van der Waals surface area (Å²) < 4.78 is 5.42. The van der Waals surface area contributed by atoms with Crippen LogP contribution in [0.4, 0.5) is 10.6 Å². The van der Waals surface area contributed by atoms with Crippen molar-refractivity contribution in [1.82, 2.24) is 15.3 Å². The van der Waals surface area contributed by atoms with Gasteiger partial charge in [0.1, 0.15) is 18.2 Å². The largest absolute Gasteiger partial charge is 0.507 e. The molecule has 4 aromatic rings. The number of piperidine rings is 1. The van der Waals surface area contributed by atoms with E-state index in [1.54, 1.807) is 12.1 Å². The predicted molar refractivity (Wildman–Crippen MR) is 136 cm³/mol. The predicted octanol–water partition coefficient (Wildman–Crippen LogP) is 5.21. The Morgan fingerprint density at radius 2 is 1.89 bits per heavy atom. The highest BCUT2D eigenvalue weighted by Crippen LogP contribution is 2.33. The molecule has 178 valence electrons. The number of ether oxygens (including phenoxy) is 1. The fraction of sp³-hybridized carbons (Fsp3) is 0.250. The molecule has 2 N–H and O–H groups in total. The number of hydrogen-bond donors (Lipinski definition) is 2. The van der Waals surface area contributed by atoms with Crippen LogP contribution in [0.3, 0.4) is 0 Å². The number of phenolic OH excluding ortho intramolecular Hbond substituents is 1. The molecule has 1 amide bonds. The van der Waals surface area contributed by atoms with Gasteiger partial charge in [-0.2, -0.15) is 0 Å². The van der Waals surface area contributed by atoms with Crippen LogP contribution in [0.2, 0.25) is 0 Å². The Balaban J connectivity index is 1.38. The van der Waals surface area contributed by atoms with Crippen LogP contribution < -0.4 is 10.2 Å². The minimum atomic E-state index is -0.418. The first-order chi connectivity index (χ1) is 17.1. The summed E-state index contributed by atoms with van der Waals surface area (Å²) >= 11 is 0. The van der Waals surface area contributed by atoms with E-state index in [4.69, 9.17) is 14.7 Å². The van der Waals surface area contributed by atoms with Gasteiger partial charge in [-0.15, -0.1) is 0 Å². The number of carbonyl (C=O) groups excluding carboxylic acids is 1. The highest BCUT2D eigenvalue weighted by atomic mass is 16.5. The van der Waals surface area contributed by atoms with Crippen molar-refractivity contribution in [2.45, 2.75) is 32.4 Å². The van der Waals surface area contributed by atoms with Crippen LogP contribution in [-0.2, 0) is 11.3 Å². The molecule has 0 aliphatic carbocycles. The maximum Gasteiger partial charge on any atom is 0.407 e. The van der Waals surface area contributed by atoms with Gasteiger partial charge in [-0.25, -0.2) is 14.8 Å². The van der Waals surface area contributed by atoms with Crippen LogP contribution >= 0.6 is 0 Å². The van der Waals surface area contributed by atoms with Gasteiger partial charge in [-0.3, -0.25) is 0 Å². The molecule has 0 bridgehead atoms. The monoisotopic (exact) mass is 468 g/mol. The molecule has 5 rings (SSSR count). The Morgan fingerprint density at radius 3 is 2.71 bits per heavy atom. The zero-order valence-corrected chi connectivity index (χ0v) is 19.6. The summed E-state index contributed by atoms with van der Waals surface area (Å²) in [5, 5.41) is 14.4. The van der Waals surface area contributed by atoms with E-state index in [2.05, 4.69) is 16.3 Å². The van der Waals surface area contributed by atoms with Crippen molar-refractivity contribution < 1.29 is 14.6 Å². The van der Waals surface area contributed by atoms with E-state index in [9.17, 15) is 9.90 Å². The SMILES string of the molecule is Cc1ccc2c(N3CCCC(NC(=O)OCc4ccccc4)C3)nc(-c3ccccc3O)nc2c1. The second-order valence-corrected chi connectivity index (χ2v) is 8.90. The second kappa shape index (κ2) is 10.0. The number of aromatic nitrogens is 2. The molecule has 0 saturated carbocycles. The van der Waals surface area contributed by atoms with Gasteiger partial charge in [-0.1, -0.05) is 48.5 Å². The molecular weight excluding hydrogens is 440 g/mol. The molecule has 0 spiro atoms. The molecule has 7 nitrogen and oxygen atoms in total. The van der Waals surface area contributed by atoms with Crippen LogP contribution in [0.25, 0.3) is 22.3 Å². The average molecular weight is 469 g/mol. The van der Waals surface area contributed by atoms with Gasteiger partial charge in [-0.05, 0) is 55.2 Å². The summed E-state index contributed by atoms with van der Waals surface area (Å²) in [4.78, 5) is 24.3. The number of anilines is 1. The summed E-state index contributed by atoms with van der Waals surface area (Å²) in [6.07, 6.45) is 1.36. The molecule has 1 aliphatic rings. The zero-order valence-electron chi connectivity index (χ0n) is 19.6. The number of aromatic hydroxyl groups is 1. The molecule has 1 atom stereocenters. The third-order valence-electron chi connectivity index (χ3n) is 6.23. The quantitative estimate of drug-likeness (QED) is 0.418. The van der Waals surface area contributed by atoms with E-state index in [-0.39, 0.29) is 18.4 Å². The molecule has 1 aliphatic heterocycles. The standard InChI is InChI=1S/C28H28N4O3/c1-19-13-14-22-24(16-19)30-26(23-11-5-6-12-25(23)33)31-27(22)32-15-7-10-21(17-32)29-28(34)35-18-20-8-3-2-4-9-20/h2-6,8-9,11-14,16,21,33H,7,10,15,17-18H2,1H3,(H,29,34). The van der Waals surface area contributed by atoms with Crippen molar-refractivity contribution in [3.8, 4) is 17.1 Å². The number of alkyl carbamates (subject to hydrolysis) is 1. The lowest BCUT2D eigenvalue weighted by Gasteiger charge is -2.34. The van der Waals surface area contributed by atoms with Crippen molar-refractivity contribution in [3.63, 3.8) is 0 Å². The molecule has 3 aromatic carbocycles. The van der Waals surface area contributed by atoms with E-state index in [0.717, 1.165) is 47.2 Å². The molecule has 1 aromatic heterocycles. The Kier molecular flexibility index (Phi) is 6.48. The normalized spacial score (nSPS) is 15.7. The zero-order chi connectivity index (χ0) is 24.2. The first-order valence-corrected chi connectivity index (χ1v) is 11.9. The lowest BCUT2D eigenvalue weighted by Crippen LogP contribution is -2.48. The second-order valence-electron chi connectivity index (χ2n) is 8.90. The summed E-state index contributed by atoms with van der Waals surface area (Å²) in [7, 11) is 0. The van der Waals surface area contributed by atoms with Crippen LogP contribution in [0.15, 0.2) is 72.8 Å². The lowest BCUT2D eigenvalue weighted by molar-refractivity contribution is 0.134. The highest BCUT2D eigenvalue weighted by molar-refractivity contribution is 5.92. The number of hydrogen-bond acceptors (Lipinski definition) is 6. The molecular formula is C28H28N4O3. The van der Waals surface area contributed by atoms with Crippen molar-refractivity contribution in [2.24, 2.45) is 0 Å². The van der Waals surface area contributed by atoms with E-state index in [1.807, 2.05) is 61.5 Å². The van der Waals surface area contributed by atoms with Crippen LogP contribution in [0.5, 0.6) is 5.75 Å². The Morgan fingerprint density at radius 1 is 1.09 bits per heavy atom. The van der Waals surface area contributed by atoms with E-state index < -0.39 is 6.09 Å². The van der Waals surface area contributed by atoms with Crippen LogP contribution in [-0.4, -0.2) is 40.3 Å². The van der Waals surface area contributed by atoms with E-state index >= 15 is 0 Å². The fourth-order valence-electron chi connectivity index (χ4n) is 4.47. The molecule has 1 saturated heterocycles. The lowest BCUT2D eigenvalue weighted by atomic mass is 10.0. The van der Waals surface area contributed by atoms with Crippen molar-refractivity contribution in [2.75, 3.05) is 18.0 Å². The maximum absolute atomic E-state index is 12.4. The average Bonchev–Trinajstić information content (AvgIpc) is 2.88. The molecule has 7 heteroatoms. The van der Waals surface area contributed by atoms with Crippen molar-refractivity contribution >= 4 is 22.8 Å². The topological polar surface area (TPSA) is 87.6 Å². The number of benzene rings is 3. The summed E-state index contributed by atoms with van der Waals surface area (Å²) in [6, 6.07) is 22.8. The highest BCUT2D eigenvalue weighted by Gasteiger charge is 2.25. The summed E-state index contributed by atoms with van der Waals surface area (Å²) in [5.74, 6) is 1.43. The van der Waals surface area contributed by atoms with Crippen LogP contribution in [0, 0.1) is 6.92 Å². The van der Waals surface area contributed by atoms with Crippen molar-refractivity contribution in [1.29, 1.82) is 0 Å². The van der Waals surface area contributed by atoms with Gasteiger partial charge in [0.05, 0.1) is 11.1 Å². The number of nitrogens with one attached hydrogen (secondary N) is 1. The number of phenols is 1. The number of aryl methyl sites for hydroxylation is 1. The van der Waals surface area contributed by atoms with Gasteiger partial charge in [0.2, 0.25) is 0 Å². The minimum Gasteiger partial charge on any atom is -0.507 e. The summed E-state index contributed by atoms with van der Waals surface area (Å²) in [5.41, 5.74) is 3.47. The molecule has 0 radical (unpaired) electrons. The third kappa shape index (κ3) is 5.19. The van der Waals surface area contributed by atoms with Gasteiger partial charge >= 0.3 is 6.09 Å². The van der Waals surface area contributed by atoms with Crippen molar-refractivity contribution in [3.05, 3.63) is 83.9 Å². The Hall–Kier alpha value is -4.13. The minimum absolute atomic E-state index is 0.0592. The smallest absolute Gasteiger partial charge is 0.407 e. The number of nitrogens with zero attached hydrogens (tertiary/aromatic N) is 3. The Bertz CT molecular complexity index is 1340. The van der Waals surface area contributed by atoms with Gasteiger partial charge in [0.25, 0.3) is 0 Å². The third-order valence-corrected chi connectivity index (χ3v) is 6.23. The number of amides is 1.